The molecule has 1 aliphatic carbocycles. The van der Waals surface area contributed by atoms with Crippen LogP contribution in [0.25, 0.3) is 0 Å². The van der Waals surface area contributed by atoms with E-state index in [1.54, 1.807) is 24.0 Å². The van der Waals surface area contributed by atoms with E-state index < -0.39 is 35.0 Å². The number of amides is 2. The van der Waals surface area contributed by atoms with Gasteiger partial charge in [0.2, 0.25) is 11.8 Å². The van der Waals surface area contributed by atoms with Gasteiger partial charge in [0.1, 0.15) is 11.6 Å². The maximum Gasteiger partial charge on any atom is 0.249 e. The predicted octanol–water partition coefficient (Wildman–Crippen LogP) is 3.65. The van der Waals surface area contributed by atoms with Gasteiger partial charge >= 0.3 is 0 Å². The van der Waals surface area contributed by atoms with Gasteiger partial charge in [0, 0.05) is 50.3 Å². The highest BCUT2D eigenvalue weighted by Crippen LogP contribution is 2.44. The molecule has 1 aromatic rings. The molecule has 2 unspecified atom stereocenters. The Morgan fingerprint density at radius 3 is 2.44 bits per heavy atom. The zero-order valence-corrected chi connectivity index (χ0v) is 23.3. The number of carbonyl (C=O) groups is 2. The number of halogens is 2. The molecule has 39 heavy (non-hydrogen) atoms. The number of nitrogens with two attached hydrogens (primary N) is 1. The van der Waals surface area contributed by atoms with Gasteiger partial charge in [-0.2, -0.15) is 0 Å². The summed E-state index contributed by atoms with van der Waals surface area (Å²) >= 11 is 0. The molecule has 0 aromatic heterocycles. The first kappa shape index (κ1) is 30.9. The molecule has 0 bridgehead atoms. The first-order valence-electron chi connectivity index (χ1n) is 14.0. The summed E-state index contributed by atoms with van der Waals surface area (Å²) in [4.78, 5) is 28.6. The number of allylic oxidation sites excluding steroid dienone is 2. The lowest BCUT2D eigenvalue weighted by Crippen LogP contribution is -2.52. The van der Waals surface area contributed by atoms with Gasteiger partial charge in [0.05, 0.1) is 17.6 Å². The molecule has 1 aromatic carbocycles. The molecule has 3 rings (SSSR count). The fourth-order valence-corrected chi connectivity index (χ4v) is 5.90. The highest BCUT2D eigenvalue weighted by atomic mass is 19.1. The average Bonchev–Trinajstić information content (AvgIpc) is 3.39. The summed E-state index contributed by atoms with van der Waals surface area (Å²) in [5, 5.41) is 14.7. The van der Waals surface area contributed by atoms with E-state index >= 15 is 0 Å². The van der Waals surface area contributed by atoms with Crippen LogP contribution in [0.2, 0.25) is 0 Å². The van der Waals surface area contributed by atoms with Crippen LogP contribution in [0.3, 0.4) is 0 Å². The van der Waals surface area contributed by atoms with Gasteiger partial charge < -0.3 is 25.8 Å². The number of carbonyl (C=O) groups excluding carboxylic acids is 2. The Morgan fingerprint density at radius 1 is 1.21 bits per heavy atom. The number of aliphatic hydroxyl groups excluding tert-OH is 1. The lowest BCUT2D eigenvalue weighted by molar-refractivity contribution is -0.132. The van der Waals surface area contributed by atoms with Crippen molar-refractivity contribution in [1.82, 2.24) is 10.2 Å². The third kappa shape index (κ3) is 7.96. The topological polar surface area (TPSA) is 105 Å². The molecule has 2 amide bonds. The lowest BCUT2D eigenvalue weighted by Gasteiger charge is -2.42. The normalized spacial score (nSPS) is 22.7. The van der Waals surface area contributed by atoms with Crippen molar-refractivity contribution in [3.05, 3.63) is 58.7 Å². The number of primary amides is 1. The summed E-state index contributed by atoms with van der Waals surface area (Å²) in [6, 6.07) is 3.17. The molecule has 216 valence electrons. The number of ether oxygens (including phenoxy) is 1. The Balaban J connectivity index is 1.96. The molecule has 4 atom stereocenters. The summed E-state index contributed by atoms with van der Waals surface area (Å²) in [6.45, 7) is 8.30. The van der Waals surface area contributed by atoms with Crippen molar-refractivity contribution in [3.63, 3.8) is 0 Å². The van der Waals surface area contributed by atoms with Gasteiger partial charge in [-0.15, -0.1) is 0 Å². The SMILES string of the molecule is CCCN(CCC)C(=O)C1=CC(C)=CC(C(N)=O)([C@H](Cc2cc(F)cc(F)c2)[C@@H](O)CNCC2CCCO2)C1. The van der Waals surface area contributed by atoms with Gasteiger partial charge in [-0.1, -0.05) is 31.6 Å². The maximum atomic E-state index is 14.1. The van der Waals surface area contributed by atoms with E-state index in [0.717, 1.165) is 31.7 Å². The molecule has 4 N–H and O–H groups in total. The average molecular weight is 548 g/mol. The number of hydrogen-bond donors (Lipinski definition) is 3. The van der Waals surface area contributed by atoms with E-state index in [-0.39, 0.29) is 31.4 Å². The van der Waals surface area contributed by atoms with Crippen molar-refractivity contribution >= 4 is 11.8 Å². The van der Waals surface area contributed by atoms with Gasteiger partial charge in [-0.25, -0.2) is 8.78 Å². The fraction of sp³-hybridized carbons (Fsp3) is 0.600. The van der Waals surface area contributed by atoms with E-state index in [9.17, 15) is 23.5 Å². The molecular weight excluding hydrogens is 504 g/mol. The summed E-state index contributed by atoms with van der Waals surface area (Å²) < 4.78 is 33.9. The van der Waals surface area contributed by atoms with Crippen LogP contribution in [0.15, 0.2) is 41.5 Å². The van der Waals surface area contributed by atoms with Crippen molar-refractivity contribution in [1.29, 1.82) is 0 Å². The largest absolute Gasteiger partial charge is 0.391 e. The summed E-state index contributed by atoms with van der Waals surface area (Å²) in [7, 11) is 0. The Bertz CT molecular complexity index is 1040. The minimum Gasteiger partial charge on any atom is -0.391 e. The van der Waals surface area contributed by atoms with E-state index in [4.69, 9.17) is 10.5 Å². The number of nitrogens with one attached hydrogen (secondary N) is 1. The van der Waals surface area contributed by atoms with Crippen molar-refractivity contribution < 1.29 is 28.2 Å². The molecule has 0 saturated carbocycles. The molecule has 7 nitrogen and oxygen atoms in total. The minimum absolute atomic E-state index is 0.00625. The second kappa shape index (κ2) is 14.1. The monoisotopic (exact) mass is 547 g/mol. The molecule has 1 heterocycles. The summed E-state index contributed by atoms with van der Waals surface area (Å²) in [6.07, 6.45) is 5.87. The third-order valence-electron chi connectivity index (χ3n) is 7.63. The number of nitrogens with zero attached hydrogens (tertiary/aromatic N) is 1. The van der Waals surface area contributed by atoms with Crippen molar-refractivity contribution in [3.8, 4) is 0 Å². The van der Waals surface area contributed by atoms with Gasteiger partial charge in [0.25, 0.3) is 0 Å². The molecule has 0 radical (unpaired) electrons. The quantitative estimate of drug-likeness (QED) is 0.330. The van der Waals surface area contributed by atoms with E-state index in [2.05, 4.69) is 5.32 Å². The second-order valence-corrected chi connectivity index (χ2v) is 10.9. The third-order valence-corrected chi connectivity index (χ3v) is 7.63. The highest BCUT2D eigenvalue weighted by molar-refractivity contribution is 5.96. The van der Waals surface area contributed by atoms with E-state index in [1.807, 2.05) is 13.8 Å². The van der Waals surface area contributed by atoms with Crippen LogP contribution >= 0.6 is 0 Å². The van der Waals surface area contributed by atoms with E-state index in [0.29, 0.717) is 43.0 Å². The van der Waals surface area contributed by atoms with Crippen LogP contribution in [0.5, 0.6) is 0 Å². The fourth-order valence-electron chi connectivity index (χ4n) is 5.90. The smallest absolute Gasteiger partial charge is 0.249 e. The van der Waals surface area contributed by atoms with Crippen LogP contribution in [-0.2, 0) is 20.7 Å². The molecular formula is C30H43F2N3O4. The number of rotatable bonds is 14. The van der Waals surface area contributed by atoms with Crippen LogP contribution in [0, 0.1) is 23.0 Å². The Morgan fingerprint density at radius 2 is 1.87 bits per heavy atom. The van der Waals surface area contributed by atoms with Crippen molar-refractivity contribution in [2.45, 2.75) is 71.5 Å². The Labute approximate surface area is 230 Å². The van der Waals surface area contributed by atoms with Crippen LogP contribution < -0.4 is 11.1 Å². The maximum absolute atomic E-state index is 14.1. The van der Waals surface area contributed by atoms with Crippen molar-refractivity contribution in [2.75, 3.05) is 32.8 Å². The molecule has 1 saturated heterocycles. The Hall–Kier alpha value is -2.62. The standard InChI is InChI=1S/C30H43F2N3O4/c1-4-8-35(9-5-2)28(37)22-11-20(3)16-30(17-22,29(33)38)26(14-21-12-23(31)15-24(32)13-21)27(36)19-34-18-25-7-6-10-39-25/h11-13,15-16,25-27,34,36H,4-10,14,17-19H2,1-3H3,(H2,33,38)/t25?,26-,27+,30?/m1/s1. The molecule has 1 fully saturated rings. The van der Waals surface area contributed by atoms with Crippen LogP contribution in [0.4, 0.5) is 8.78 Å². The van der Waals surface area contributed by atoms with E-state index in [1.165, 1.54) is 12.1 Å². The molecule has 0 spiro atoms. The molecule has 2 aliphatic rings. The predicted molar refractivity (Wildman–Crippen MR) is 147 cm³/mol. The summed E-state index contributed by atoms with van der Waals surface area (Å²) in [5.74, 6) is -3.21. The van der Waals surface area contributed by atoms with Gasteiger partial charge in [-0.3, -0.25) is 9.59 Å². The first-order valence-corrected chi connectivity index (χ1v) is 14.0. The highest BCUT2D eigenvalue weighted by Gasteiger charge is 2.48. The van der Waals surface area contributed by atoms with Crippen LogP contribution in [-0.4, -0.2) is 66.8 Å². The first-order chi connectivity index (χ1) is 18.6. The lowest BCUT2D eigenvalue weighted by atomic mass is 9.63. The Kier molecular flexibility index (Phi) is 11.2. The zero-order chi connectivity index (χ0) is 28.6. The number of benzene rings is 1. The minimum atomic E-state index is -1.44. The van der Waals surface area contributed by atoms with Gasteiger partial charge in [0.15, 0.2) is 0 Å². The zero-order valence-electron chi connectivity index (χ0n) is 23.3. The van der Waals surface area contributed by atoms with Crippen molar-refractivity contribution in [2.24, 2.45) is 17.1 Å². The number of hydrogen-bond acceptors (Lipinski definition) is 5. The number of aliphatic hydroxyl groups is 1. The molecule has 9 heteroatoms. The second-order valence-electron chi connectivity index (χ2n) is 10.9. The van der Waals surface area contributed by atoms with Gasteiger partial charge in [-0.05, 0) is 63.1 Å². The molecule has 1 aliphatic heterocycles. The van der Waals surface area contributed by atoms with Crippen LogP contribution in [0.1, 0.15) is 58.4 Å². The summed E-state index contributed by atoms with van der Waals surface area (Å²) in [5.41, 5.74) is 6.03.